The fraction of sp³-hybridized carbons (Fsp3) is 0.455. The van der Waals surface area contributed by atoms with Crippen LogP contribution in [0.2, 0.25) is 0 Å². The summed E-state index contributed by atoms with van der Waals surface area (Å²) in [5.41, 5.74) is 0.421. The number of hydrogen-bond acceptors (Lipinski definition) is 4. The molecule has 0 aliphatic carbocycles. The molecular formula is C11H13IN2O3. The monoisotopic (exact) mass is 348 g/mol. The molecule has 1 amide bonds. The van der Waals surface area contributed by atoms with Gasteiger partial charge in [0.2, 0.25) is 0 Å². The third kappa shape index (κ3) is 3.06. The molecule has 17 heavy (non-hydrogen) atoms. The zero-order valence-electron chi connectivity index (χ0n) is 9.23. The summed E-state index contributed by atoms with van der Waals surface area (Å²) in [6, 6.07) is 1.46. The number of rotatable bonds is 1. The molecule has 6 heteroatoms. The Bertz CT molecular complexity index is 417. The Labute approximate surface area is 113 Å². The van der Waals surface area contributed by atoms with E-state index in [0.717, 1.165) is 6.42 Å². The molecule has 2 heterocycles. The summed E-state index contributed by atoms with van der Waals surface area (Å²) >= 11 is 1.92. The van der Waals surface area contributed by atoms with Crippen molar-refractivity contribution in [2.75, 3.05) is 26.3 Å². The van der Waals surface area contributed by atoms with Gasteiger partial charge in [0.1, 0.15) is 9.45 Å². The fourth-order valence-electron chi connectivity index (χ4n) is 1.69. The topological polar surface area (TPSA) is 62.7 Å². The Morgan fingerprint density at radius 1 is 1.47 bits per heavy atom. The van der Waals surface area contributed by atoms with Gasteiger partial charge in [0.15, 0.2) is 0 Å². The third-order valence-electron chi connectivity index (χ3n) is 2.58. The molecule has 0 saturated carbocycles. The number of aromatic nitrogens is 1. The van der Waals surface area contributed by atoms with Crippen LogP contribution in [0.1, 0.15) is 16.8 Å². The summed E-state index contributed by atoms with van der Waals surface area (Å²) in [7, 11) is 0. The van der Waals surface area contributed by atoms with E-state index < -0.39 is 0 Å². The van der Waals surface area contributed by atoms with Gasteiger partial charge < -0.3 is 14.7 Å². The van der Waals surface area contributed by atoms with Crippen LogP contribution in [0.4, 0.5) is 0 Å². The molecule has 2 rings (SSSR count). The second-order valence-electron chi connectivity index (χ2n) is 3.79. The van der Waals surface area contributed by atoms with Crippen molar-refractivity contribution < 1.29 is 14.6 Å². The summed E-state index contributed by atoms with van der Waals surface area (Å²) in [6.07, 6.45) is 2.34. The Morgan fingerprint density at radius 3 is 3.06 bits per heavy atom. The van der Waals surface area contributed by atoms with Crippen molar-refractivity contribution in [3.05, 3.63) is 21.5 Å². The van der Waals surface area contributed by atoms with Crippen LogP contribution in [0.3, 0.4) is 0 Å². The number of halogens is 1. The van der Waals surface area contributed by atoms with Crippen LogP contribution >= 0.6 is 22.6 Å². The molecule has 1 aliphatic heterocycles. The van der Waals surface area contributed by atoms with Crippen molar-refractivity contribution in [3.63, 3.8) is 0 Å². The summed E-state index contributed by atoms with van der Waals surface area (Å²) < 4.78 is 5.79. The van der Waals surface area contributed by atoms with Gasteiger partial charge in [0, 0.05) is 25.9 Å². The van der Waals surface area contributed by atoms with Crippen molar-refractivity contribution in [2.24, 2.45) is 0 Å². The van der Waals surface area contributed by atoms with Crippen LogP contribution in [0.15, 0.2) is 12.3 Å². The Morgan fingerprint density at radius 2 is 2.29 bits per heavy atom. The van der Waals surface area contributed by atoms with E-state index in [0.29, 0.717) is 35.6 Å². The first kappa shape index (κ1) is 12.6. The van der Waals surface area contributed by atoms with Crippen LogP contribution in [0.25, 0.3) is 0 Å². The smallest absolute Gasteiger partial charge is 0.255 e. The molecule has 0 unspecified atom stereocenters. The molecular weight excluding hydrogens is 335 g/mol. The highest BCUT2D eigenvalue weighted by atomic mass is 127. The zero-order valence-corrected chi connectivity index (χ0v) is 11.4. The van der Waals surface area contributed by atoms with Gasteiger partial charge in [-0.05, 0) is 35.1 Å². The number of carbonyl (C=O) groups is 1. The number of amides is 1. The Balaban J connectivity index is 2.14. The predicted molar refractivity (Wildman–Crippen MR) is 70.0 cm³/mol. The molecule has 0 spiro atoms. The van der Waals surface area contributed by atoms with Gasteiger partial charge in [0.05, 0.1) is 12.2 Å². The van der Waals surface area contributed by atoms with E-state index in [1.54, 1.807) is 4.90 Å². The second-order valence-corrected chi connectivity index (χ2v) is 4.81. The molecule has 5 nitrogen and oxygen atoms in total. The highest BCUT2D eigenvalue weighted by Gasteiger charge is 2.18. The van der Waals surface area contributed by atoms with E-state index in [2.05, 4.69) is 4.98 Å². The number of ether oxygens (including phenoxy) is 1. The van der Waals surface area contributed by atoms with Gasteiger partial charge in [-0.3, -0.25) is 4.79 Å². The average molecular weight is 348 g/mol. The minimum Gasteiger partial charge on any atom is -0.505 e. The van der Waals surface area contributed by atoms with Crippen LogP contribution in [0, 0.1) is 3.70 Å². The van der Waals surface area contributed by atoms with Gasteiger partial charge in [0.25, 0.3) is 5.91 Å². The molecule has 0 bridgehead atoms. The number of pyridine rings is 1. The van der Waals surface area contributed by atoms with E-state index in [1.807, 2.05) is 22.6 Å². The quantitative estimate of drug-likeness (QED) is 0.613. The molecule has 1 aliphatic rings. The summed E-state index contributed by atoms with van der Waals surface area (Å²) in [4.78, 5) is 17.8. The highest BCUT2D eigenvalue weighted by molar-refractivity contribution is 14.1. The van der Waals surface area contributed by atoms with Gasteiger partial charge in [-0.15, -0.1) is 0 Å². The lowest BCUT2D eigenvalue weighted by Crippen LogP contribution is -2.33. The van der Waals surface area contributed by atoms with E-state index in [-0.39, 0.29) is 11.7 Å². The summed E-state index contributed by atoms with van der Waals surface area (Å²) in [6.45, 7) is 2.53. The lowest BCUT2D eigenvalue weighted by Gasteiger charge is -2.19. The second kappa shape index (κ2) is 5.63. The molecule has 0 atom stereocenters. The number of hydrogen-bond donors (Lipinski definition) is 1. The predicted octanol–water partition coefficient (Wildman–Crippen LogP) is 1.25. The van der Waals surface area contributed by atoms with E-state index >= 15 is 0 Å². The van der Waals surface area contributed by atoms with E-state index in [1.165, 1.54) is 12.3 Å². The number of carbonyl (C=O) groups excluding carboxylic acids is 1. The lowest BCUT2D eigenvalue weighted by atomic mass is 10.2. The molecule has 1 saturated heterocycles. The minimum absolute atomic E-state index is 0.0440. The number of nitrogens with zero attached hydrogens (tertiary/aromatic N) is 2. The van der Waals surface area contributed by atoms with Crippen LogP contribution in [0.5, 0.6) is 5.75 Å². The zero-order chi connectivity index (χ0) is 12.3. The standard InChI is InChI=1S/C11H13IN2O3/c12-10-9(15)6-8(7-13-10)11(16)14-2-1-4-17-5-3-14/h6-7,15H,1-5H2. The van der Waals surface area contributed by atoms with Crippen molar-refractivity contribution in [3.8, 4) is 5.75 Å². The van der Waals surface area contributed by atoms with Gasteiger partial charge >= 0.3 is 0 Å². The molecule has 0 aromatic carbocycles. The molecule has 1 fully saturated rings. The molecule has 0 radical (unpaired) electrons. The molecule has 1 aromatic heterocycles. The van der Waals surface area contributed by atoms with Gasteiger partial charge in [-0.25, -0.2) is 4.98 Å². The van der Waals surface area contributed by atoms with Crippen molar-refractivity contribution >= 4 is 28.5 Å². The lowest BCUT2D eigenvalue weighted by molar-refractivity contribution is 0.0740. The highest BCUT2D eigenvalue weighted by Crippen LogP contribution is 2.19. The average Bonchev–Trinajstić information content (AvgIpc) is 2.60. The third-order valence-corrected chi connectivity index (χ3v) is 3.41. The van der Waals surface area contributed by atoms with Crippen molar-refractivity contribution in [1.29, 1.82) is 0 Å². The van der Waals surface area contributed by atoms with Crippen molar-refractivity contribution in [1.82, 2.24) is 9.88 Å². The first-order chi connectivity index (χ1) is 8.18. The normalized spacial score (nSPS) is 16.6. The fourth-order valence-corrected chi connectivity index (χ4v) is 1.98. The van der Waals surface area contributed by atoms with Crippen LogP contribution in [-0.4, -0.2) is 47.2 Å². The van der Waals surface area contributed by atoms with Crippen LogP contribution in [-0.2, 0) is 4.74 Å². The van der Waals surface area contributed by atoms with Crippen molar-refractivity contribution in [2.45, 2.75) is 6.42 Å². The van der Waals surface area contributed by atoms with E-state index in [9.17, 15) is 9.90 Å². The Hall–Kier alpha value is -0.890. The molecule has 1 N–H and O–H groups in total. The maximum atomic E-state index is 12.1. The van der Waals surface area contributed by atoms with E-state index in [4.69, 9.17) is 4.74 Å². The van der Waals surface area contributed by atoms with Gasteiger partial charge in [-0.2, -0.15) is 0 Å². The molecule has 92 valence electrons. The first-order valence-electron chi connectivity index (χ1n) is 5.40. The largest absolute Gasteiger partial charge is 0.505 e. The Kier molecular flexibility index (Phi) is 4.16. The SMILES string of the molecule is O=C(c1cnc(I)c(O)c1)N1CCCOCC1. The summed E-state index contributed by atoms with van der Waals surface area (Å²) in [5.74, 6) is -0.0581. The maximum absolute atomic E-state index is 12.1. The first-order valence-corrected chi connectivity index (χ1v) is 6.48. The summed E-state index contributed by atoms with van der Waals surface area (Å²) in [5, 5.41) is 9.54. The maximum Gasteiger partial charge on any atom is 0.255 e. The van der Waals surface area contributed by atoms with Gasteiger partial charge in [-0.1, -0.05) is 0 Å². The number of aromatic hydroxyl groups is 1. The van der Waals surface area contributed by atoms with Crippen LogP contribution < -0.4 is 0 Å². The molecule has 1 aromatic rings. The minimum atomic E-state index is -0.102.